The molecule has 2 aromatic rings. The zero-order chi connectivity index (χ0) is 16.2. The van der Waals surface area contributed by atoms with Gasteiger partial charge in [-0.3, -0.25) is 0 Å². The maximum atomic E-state index is 12.4. The highest BCUT2D eigenvalue weighted by Crippen LogP contribution is 2.25. The number of nitrogens with zero attached hydrogens (tertiary/aromatic N) is 1. The van der Waals surface area contributed by atoms with Crippen LogP contribution in [-0.4, -0.2) is 18.4 Å². The van der Waals surface area contributed by atoms with Gasteiger partial charge in [-0.05, 0) is 23.3 Å². The van der Waals surface area contributed by atoms with Crippen molar-refractivity contribution in [1.82, 2.24) is 0 Å². The van der Waals surface area contributed by atoms with E-state index in [0.717, 1.165) is 11.1 Å². The van der Waals surface area contributed by atoms with Crippen LogP contribution >= 0.6 is 0 Å². The molecule has 1 unspecified atom stereocenters. The van der Waals surface area contributed by atoms with E-state index in [1.54, 1.807) is 12.1 Å². The summed E-state index contributed by atoms with van der Waals surface area (Å²) >= 11 is 0. The van der Waals surface area contributed by atoms with Crippen LogP contribution in [0.4, 0.5) is 13.2 Å². The third-order valence-corrected chi connectivity index (χ3v) is 2.84. The van der Waals surface area contributed by atoms with E-state index in [1.807, 2.05) is 30.3 Å². The molecule has 2 rings (SSSR count). The van der Waals surface area contributed by atoms with E-state index in [-0.39, 0.29) is 5.56 Å². The molecule has 0 spiro atoms. The fraction of sp³-hybridized carbons (Fsp3) is 0.133. The van der Waals surface area contributed by atoms with Crippen LogP contribution in [0.1, 0.15) is 10.4 Å². The molecule has 0 saturated carbocycles. The Balaban J connectivity index is 2.13. The minimum Gasteiger partial charge on any atom is -0.424 e. The first kappa shape index (κ1) is 15.7. The van der Waals surface area contributed by atoms with Crippen molar-refractivity contribution in [1.29, 1.82) is 5.53 Å². The van der Waals surface area contributed by atoms with E-state index < -0.39 is 18.4 Å². The fourth-order valence-electron chi connectivity index (χ4n) is 1.77. The molecule has 22 heavy (non-hydrogen) atoms. The zero-order valence-electron chi connectivity index (χ0n) is 11.2. The molecular weight excluding hydrogens is 297 g/mol. The van der Waals surface area contributed by atoms with Gasteiger partial charge >= 0.3 is 18.4 Å². The molecule has 1 atom stereocenters. The van der Waals surface area contributed by atoms with Crippen molar-refractivity contribution < 1.29 is 22.7 Å². The van der Waals surface area contributed by atoms with Crippen molar-refractivity contribution in [3.63, 3.8) is 0 Å². The lowest BCUT2D eigenvalue weighted by Gasteiger charge is -2.15. The minimum atomic E-state index is -4.90. The summed E-state index contributed by atoms with van der Waals surface area (Å²) in [6.07, 6.45) is -7.68. The van der Waals surface area contributed by atoms with Crippen molar-refractivity contribution in [2.45, 2.75) is 12.4 Å². The normalized spacial score (nSPS) is 12.5. The molecular formula is C15H11F3N2O2. The van der Waals surface area contributed by atoms with Gasteiger partial charge in [0.25, 0.3) is 0 Å². The predicted octanol–water partition coefficient (Wildman–Crippen LogP) is 4.43. The number of hydrogen-bond donors (Lipinski definition) is 1. The summed E-state index contributed by atoms with van der Waals surface area (Å²) in [4.78, 5) is 11.6. The molecule has 2 aromatic carbocycles. The summed E-state index contributed by atoms with van der Waals surface area (Å²) in [7, 11) is 0. The SMILES string of the molecule is N=NC(OC(=O)c1ccc(-c2ccccc2)cc1)C(F)(F)F. The average Bonchev–Trinajstić information content (AvgIpc) is 2.52. The molecule has 4 nitrogen and oxygen atoms in total. The summed E-state index contributed by atoms with van der Waals surface area (Å²) in [5.74, 6) is -1.18. The van der Waals surface area contributed by atoms with E-state index in [0.29, 0.717) is 0 Å². The number of carbonyl (C=O) groups is 1. The van der Waals surface area contributed by atoms with Gasteiger partial charge in [-0.15, -0.1) is 5.11 Å². The number of carbonyl (C=O) groups excluding carboxylic acids is 1. The molecule has 0 aromatic heterocycles. The van der Waals surface area contributed by atoms with Crippen molar-refractivity contribution in [3.05, 3.63) is 60.2 Å². The molecule has 0 bridgehead atoms. The molecule has 0 saturated heterocycles. The van der Waals surface area contributed by atoms with E-state index in [4.69, 9.17) is 5.53 Å². The monoisotopic (exact) mass is 308 g/mol. The molecule has 0 amide bonds. The van der Waals surface area contributed by atoms with Crippen LogP contribution in [0.15, 0.2) is 59.7 Å². The number of ether oxygens (including phenoxy) is 1. The first-order valence-corrected chi connectivity index (χ1v) is 6.21. The zero-order valence-corrected chi connectivity index (χ0v) is 11.2. The number of benzene rings is 2. The third kappa shape index (κ3) is 3.69. The van der Waals surface area contributed by atoms with Gasteiger partial charge in [0.05, 0.1) is 5.56 Å². The van der Waals surface area contributed by atoms with E-state index in [9.17, 15) is 18.0 Å². The molecule has 0 aliphatic rings. The maximum absolute atomic E-state index is 12.4. The average molecular weight is 308 g/mol. The highest BCUT2D eigenvalue weighted by molar-refractivity contribution is 5.90. The number of nitrogens with one attached hydrogen (secondary N) is 1. The highest BCUT2D eigenvalue weighted by atomic mass is 19.4. The van der Waals surface area contributed by atoms with Crippen LogP contribution in [0.5, 0.6) is 0 Å². The van der Waals surface area contributed by atoms with Gasteiger partial charge < -0.3 is 4.74 Å². The summed E-state index contributed by atoms with van der Waals surface area (Å²) in [6.45, 7) is 0. The Hall–Kier alpha value is -2.70. The first-order chi connectivity index (χ1) is 10.4. The van der Waals surface area contributed by atoms with Crippen LogP contribution in [0.2, 0.25) is 0 Å². The third-order valence-electron chi connectivity index (χ3n) is 2.84. The van der Waals surface area contributed by atoms with E-state index in [1.165, 1.54) is 12.1 Å². The first-order valence-electron chi connectivity index (χ1n) is 6.21. The largest absolute Gasteiger partial charge is 0.449 e. The van der Waals surface area contributed by atoms with E-state index >= 15 is 0 Å². The van der Waals surface area contributed by atoms with Crippen molar-refractivity contribution in [2.24, 2.45) is 5.11 Å². The molecule has 1 N–H and O–H groups in total. The summed E-state index contributed by atoms with van der Waals surface area (Å²) < 4.78 is 41.4. The lowest BCUT2D eigenvalue weighted by atomic mass is 10.0. The Morgan fingerprint density at radius 3 is 2.05 bits per heavy atom. The second-order valence-electron chi connectivity index (χ2n) is 4.37. The molecule has 0 heterocycles. The van der Waals surface area contributed by atoms with E-state index in [2.05, 4.69) is 9.85 Å². The Kier molecular flexibility index (Phi) is 4.55. The van der Waals surface area contributed by atoms with Gasteiger partial charge in [0.15, 0.2) is 0 Å². The molecule has 114 valence electrons. The van der Waals surface area contributed by atoms with Crippen molar-refractivity contribution >= 4 is 5.97 Å². The number of alkyl halides is 3. The van der Waals surface area contributed by atoms with Gasteiger partial charge in [0.1, 0.15) is 0 Å². The lowest BCUT2D eigenvalue weighted by Crippen LogP contribution is -2.31. The maximum Gasteiger partial charge on any atom is 0.449 e. The minimum absolute atomic E-state index is 0.0439. The van der Waals surface area contributed by atoms with Crippen molar-refractivity contribution in [3.8, 4) is 11.1 Å². The summed E-state index contributed by atoms with van der Waals surface area (Å²) in [6, 6.07) is 15.2. The lowest BCUT2D eigenvalue weighted by molar-refractivity contribution is -0.204. The second kappa shape index (κ2) is 6.38. The Morgan fingerprint density at radius 1 is 1.00 bits per heavy atom. The molecule has 0 fully saturated rings. The summed E-state index contributed by atoms with van der Waals surface area (Å²) in [5, 5.41) is 2.27. The van der Waals surface area contributed by atoms with Crippen LogP contribution in [-0.2, 0) is 4.74 Å². The van der Waals surface area contributed by atoms with Crippen LogP contribution in [0.25, 0.3) is 11.1 Å². The van der Waals surface area contributed by atoms with Gasteiger partial charge in [0.2, 0.25) is 0 Å². The predicted molar refractivity (Wildman–Crippen MR) is 72.3 cm³/mol. The van der Waals surface area contributed by atoms with Crippen molar-refractivity contribution in [2.75, 3.05) is 0 Å². The Labute approximate surface area is 124 Å². The van der Waals surface area contributed by atoms with Gasteiger partial charge in [-0.2, -0.15) is 13.2 Å². The second-order valence-corrected chi connectivity index (χ2v) is 4.37. The standard InChI is InChI=1S/C15H11F3N2O2/c16-15(17,18)14(20-19)22-13(21)12-8-6-11(7-9-12)10-4-2-1-3-5-10/h1-9,14,19H. The highest BCUT2D eigenvalue weighted by Gasteiger charge is 2.43. The van der Waals surface area contributed by atoms with Gasteiger partial charge in [-0.25, -0.2) is 10.3 Å². The molecule has 0 radical (unpaired) electrons. The number of rotatable bonds is 4. The summed E-state index contributed by atoms with van der Waals surface area (Å²) in [5.41, 5.74) is 8.13. The Morgan fingerprint density at radius 2 is 1.55 bits per heavy atom. The number of halogens is 3. The van der Waals surface area contributed by atoms with Crippen LogP contribution < -0.4 is 0 Å². The molecule has 0 aliphatic carbocycles. The Bertz CT molecular complexity index is 655. The van der Waals surface area contributed by atoms with Crippen LogP contribution in [0.3, 0.4) is 0 Å². The quantitative estimate of drug-likeness (QED) is 0.671. The topological polar surface area (TPSA) is 62.5 Å². The fourth-order valence-corrected chi connectivity index (χ4v) is 1.77. The number of hydrogen-bond acceptors (Lipinski definition) is 4. The molecule has 0 aliphatic heterocycles. The van der Waals surface area contributed by atoms with Gasteiger partial charge in [0, 0.05) is 0 Å². The van der Waals surface area contributed by atoms with Crippen LogP contribution in [0, 0.1) is 5.53 Å². The number of esters is 1. The van der Waals surface area contributed by atoms with Gasteiger partial charge in [-0.1, -0.05) is 42.5 Å². The molecule has 7 heteroatoms. The smallest absolute Gasteiger partial charge is 0.424 e.